The molecule has 0 aromatic rings. The van der Waals surface area contributed by atoms with E-state index >= 15 is 0 Å². The van der Waals surface area contributed by atoms with E-state index in [-0.39, 0.29) is 0 Å². The minimum atomic E-state index is 1.51. The van der Waals surface area contributed by atoms with Gasteiger partial charge in [0.1, 0.15) is 6.34 Å². The summed E-state index contributed by atoms with van der Waals surface area (Å²) in [6, 6.07) is 0. The summed E-state index contributed by atoms with van der Waals surface area (Å²) in [6.45, 7) is 1.81. The Kier molecular flexibility index (Phi) is 4.51. The molecular weight excluding hydrogens is 90.1 g/mol. The number of nitrogens with zero attached hydrogens (tertiary/aromatic N) is 2. The zero-order chi connectivity index (χ0) is 5.54. The molecule has 3 nitrogen and oxygen atoms in total. The Hall–Kier alpha value is -0.860. The lowest BCUT2D eigenvalue weighted by Crippen LogP contribution is -1.99. The largest absolute Gasteiger partial charge is 0.378 e. The highest BCUT2D eigenvalue weighted by Crippen LogP contribution is 1.59. The van der Waals surface area contributed by atoms with E-state index in [0.717, 1.165) is 0 Å². The quantitative estimate of drug-likeness (QED) is 0.300. The van der Waals surface area contributed by atoms with E-state index in [4.69, 9.17) is 0 Å². The van der Waals surface area contributed by atoms with E-state index in [0.29, 0.717) is 0 Å². The number of nitrogens with one attached hydrogen (secondary N) is 1. The van der Waals surface area contributed by atoms with Crippen molar-refractivity contribution in [2.75, 3.05) is 7.05 Å². The zero-order valence-electron chi connectivity index (χ0n) is 4.55. The standard InChI is InChI=1S/C4H9N3/c1-3-6-7-4-5-2/h3-4H,1-2H3,(H,5,7)/b6-3-. The van der Waals surface area contributed by atoms with Crippen molar-refractivity contribution >= 4 is 12.6 Å². The second-order valence-corrected chi connectivity index (χ2v) is 0.907. The van der Waals surface area contributed by atoms with Gasteiger partial charge < -0.3 is 5.32 Å². The Morgan fingerprint density at radius 2 is 2.14 bits per heavy atom. The highest BCUT2D eigenvalue weighted by Gasteiger charge is 1.54. The Morgan fingerprint density at radius 3 is 2.57 bits per heavy atom. The van der Waals surface area contributed by atoms with Gasteiger partial charge >= 0.3 is 0 Å². The minimum absolute atomic E-state index is 1.51. The molecule has 0 atom stereocenters. The molecule has 0 spiro atoms. The van der Waals surface area contributed by atoms with Gasteiger partial charge in [-0.15, -0.1) is 5.10 Å². The van der Waals surface area contributed by atoms with Crippen LogP contribution < -0.4 is 5.32 Å². The van der Waals surface area contributed by atoms with Crippen molar-refractivity contribution in [3.05, 3.63) is 0 Å². The summed E-state index contributed by atoms with van der Waals surface area (Å²) in [6.07, 6.45) is 3.13. The fraction of sp³-hybridized carbons (Fsp3) is 0.500. The predicted octanol–water partition coefficient (Wildman–Crippen LogP) is 0.240. The van der Waals surface area contributed by atoms with Crippen molar-refractivity contribution in [1.82, 2.24) is 5.32 Å². The molecule has 0 aromatic heterocycles. The first-order valence-electron chi connectivity index (χ1n) is 2.08. The molecule has 3 heteroatoms. The molecule has 0 rings (SSSR count). The molecule has 40 valence electrons. The Labute approximate surface area is 43.1 Å². The van der Waals surface area contributed by atoms with Gasteiger partial charge in [-0.1, -0.05) is 0 Å². The topological polar surface area (TPSA) is 36.8 Å². The molecule has 1 N–H and O–H groups in total. The Bertz CT molecular complexity index is 75.0. The van der Waals surface area contributed by atoms with Crippen LogP contribution in [0.3, 0.4) is 0 Å². The monoisotopic (exact) mass is 99.1 g/mol. The highest BCUT2D eigenvalue weighted by molar-refractivity contribution is 5.57. The molecule has 0 radical (unpaired) electrons. The third-order valence-corrected chi connectivity index (χ3v) is 0.369. The van der Waals surface area contributed by atoms with Crippen LogP contribution in [0.5, 0.6) is 0 Å². The third kappa shape index (κ3) is 5.14. The summed E-state index contributed by atoms with van der Waals surface area (Å²) in [5.74, 6) is 0. The Balaban J connectivity index is 3.09. The van der Waals surface area contributed by atoms with Gasteiger partial charge in [-0.25, -0.2) is 0 Å². The molecule has 0 aliphatic carbocycles. The van der Waals surface area contributed by atoms with Crippen LogP contribution in [0.1, 0.15) is 6.92 Å². The van der Waals surface area contributed by atoms with Gasteiger partial charge in [-0.3, -0.25) is 0 Å². The van der Waals surface area contributed by atoms with Crippen LogP contribution in [0.15, 0.2) is 10.2 Å². The lowest BCUT2D eigenvalue weighted by molar-refractivity contribution is 1.15. The maximum atomic E-state index is 3.54. The van der Waals surface area contributed by atoms with Gasteiger partial charge in [0.15, 0.2) is 0 Å². The van der Waals surface area contributed by atoms with E-state index in [1.807, 2.05) is 6.92 Å². The number of hydrogen-bond acceptors (Lipinski definition) is 2. The highest BCUT2D eigenvalue weighted by atomic mass is 15.2. The maximum Gasteiger partial charge on any atom is 0.111 e. The van der Waals surface area contributed by atoms with Crippen molar-refractivity contribution in [2.24, 2.45) is 10.2 Å². The molecule has 0 aliphatic rings. The number of hydrogen-bond donors (Lipinski definition) is 1. The summed E-state index contributed by atoms with van der Waals surface area (Å²) in [4.78, 5) is 0. The van der Waals surface area contributed by atoms with Crippen molar-refractivity contribution in [3.63, 3.8) is 0 Å². The SMILES string of the molecule is C/C=N\N=C/NC. The lowest BCUT2D eigenvalue weighted by Gasteiger charge is -1.76. The van der Waals surface area contributed by atoms with Crippen LogP contribution in [0.4, 0.5) is 0 Å². The van der Waals surface area contributed by atoms with Crippen molar-refractivity contribution in [1.29, 1.82) is 0 Å². The van der Waals surface area contributed by atoms with Gasteiger partial charge in [0.2, 0.25) is 0 Å². The average Bonchev–Trinajstić information content (AvgIpc) is 1.69. The molecule has 0 saturated heterocycles. The van der Waals surface area contributed by atoms with Gasteiger partial charge in [0, 0.05) is 13.3 Å². The molecule has 0 saturated carbocycles. The van der Waals surface area contributed by atoms with Crippen LogP contribution >= 0.6 is 0 Å². The maximum absolute atomic E-state index is 3.54. The molecule has 0 fully saturated rings. The Morgan fingerprint density at radius 1 is 1.43 bits per heavy atom. The molecule has 0 aliphatic heterocycles. The van der Waals surface area contributed by atoms with E-state index in [1.165, 1.54) is 6.34 Å². The molecule has 7 heavy (non-hydrogen) atoms. The molecule has 0 unspecified atom stereocenters. The van der Waals surface area contributed by atoms with Crippen LogP contribution in [0, 0.1) is 0 Å². The van der Waals surface area contributed by atoms with Gasteiger partial charge in [-0.05, 0) is 6.92 Å². The first kappa shape index (κ1) is 6.14. The fourth-order valence-corrected chi connectivity index (χ4v) is 0.158. The average molecular weight is 99.1 g/mol. The first-order chi connectivity index (χ1) is 3.41. The summed E-state index contributed by atoms with van der Waals surface area (Å²) in [5.41, 5.74) is 0. The third-order valence-electron chi connectivity index (χ3n) is 0.369. The fourth-order valence-electron chi connectivity index (χ4n) is 0.158. The van der Waals surface area contributed by atoms with Gasteiger partial charge in [-0.2, -0.15) is 5.10 Å². The van der Waals surface area contributed by atoms with Crippen LogP contribution in [0.2, 0.25) is 0 Å². The normalized spacial score (nSPS) is 11.1. The van der Waals surface area contributed by atoms with Crippen LogP contribution in [-0.2, 0) is 0 Å². The summed E-state index contributed by atoms with van der Waals surface area (Å²) < 4.78 is 0. The minimum Gasteiger partial charge on any atom is -0.378 e. The summed E-state index contributed by atoms with van der Waals surface area (Å²) in [7, 11) is 1.77. The summed E-state index contributed by atoms with van der Waals surface area (Å²) >= 11 is 0. The molecule has 0 bridgehead atoms. The van der Waals surface area contributed by atoms with Crippen molar-refractivity contribution in [3.8, 4) is 0 Å². The van der Waals surface area contributed by atoms with Crippen molar-refractivity contribution < 1.29 is 0 Å². The van der Waals surface area contributed by atoms with E-state index in [1.54, 1.807) is 13.3 Å². The molecular formula is C4H9N3. The molecule has 0 aromatic carbocycles. The second-order valence-electron chi connectivity index (χ2n) is 0.907. The lowest BCUT2D eigenvalue weighted by atomic mass is 10.9. The summed E-state index contributed by atoms with van der Waals surface area (Å²) in [5, 5.41) is 9.78. The van der Waals surface area contributed by atoms with Gasteiger partial charge in [0.25, 0.3) is 0 Å². The van der Waals surface area contributed by atoms with E-state index < -0.39 is 0 Å². The van der Waals surface area contributed by atoms with Crippen LogP contribution in [0.25, 0.3) is 0 Å². The second kappa shape index (κ2) is 5.14. The smallest absolute Gasteiger partial charge is 0.111 e. The van der Waals surface area contributed by atoms with Gasteiger partial charge in [0.05, 0.1) is 0 Å². The van der Waals surface area contributed by atoms with E-state index in [2.05, 4.69) is 15.5 Å². The first-order valence-corrected chi connectivity index (χ1v) is 2.08. The zero-order valence-corrected chi connectivity index (χ0v) is 4.55. The van der Waals surface area contributed by atoms with E-state index in [9.17, 15) is 0 Å². The van der Waals surface area contributed by atoms with Crippen LogP contribution in [-0.4, -0.2) is 19.6 Å². The molecule has 0 heterocycles. The van der Waals surface area contributed by atoms with Crippen molar-refractivity contribution in [2.45, 2.75) is 6.92 Å². The number of rotatable bonds is 2. The molecule has 0 amide bonds. The predicted molar refractivity (Wildman–Crippen MR) is 31.7 cm³/mol.